The Balaban J connectivity index is 2.13. The number of pyridine rings is 1. The fraction of sp³-hybridized carbons (Fsp3) is 0. The third-order valence-electron chi connectivity index (χ3n) is 1.98. The average Bonchev–Trinajstić information content (AvgIpc) is 2.33. The van der Waals surface area contributed by atoms with Crippen LogP contribution in [0.5, 0.6) is 17.2 Å². The lowest BCUT2D eigenvalue weighted by Gasteiger charge is -2.03. The lowest BCUT2D eigenvalue weighted by Crippen LogP contribution is -1.92. The van der Waals surface area contributed by atoms with E-state index in [0.29, 0.717) is 11.5 Å². The molecule has 0 unspecified atom stereocenters. The number of phenols is 1. The minimum absolute atomic E-state index is 0.138. The Kier molecular flexibility index (Phi) is 2.87. The minimum atomic E-state index is -0.579. The van der Waals surface area contributed by atoms with Crippen LogP contribution in [0.2, 0.25) is 0 Å². The van der Waals surface area contributed by atoms with Gasteiger partial charge in [-0.3, -0.25) is 0 Å². The highest BCUT2D eigenvalue weighted by atomic mass is 16.6. The number of aromatic hydroxyl groups is 1. The van der Waals surface area contributed by atoms with Crippen LogP contribution in [-0.2, 0) is 0 Å². The summed E-state index contributed by atoms with van der Waals surface area (Å²) in [5, 5.41) is 19.5. The third-order valence-corrected chi connectivity index (χ3v) is 1.98. The largest absolute Gasteiger partial charge is 0.508 e. The van der Waals surface area contributed by atoms with Gasteiger partial charge in [0.2, 0.25) is 0 Å². The van der Waals surface area contributed by atoms with E-state index in [1.165, 1.54) is 30.5 Å². The van der Waals surface area contributed by atoms with Gasteiger partial charge in [0.1, 0.15) is 11.5 Å². The molecular formula is C11H8N2O4. The Morgan fingerprint density at radius 3 is 2.29 bits per heavy atom. The number of nitrogens with zero attached hydrogens (tertiary/aromatic N) is 2. The van der Waals surface area contributed by atoms with Gasteiger partial charge in [-0.25, -0.2) is 0 Å². The summed E-state index contributed by atoms with van der Waals surface area (Å²) in [6.07, 6.45) is 1.27. The molecule has 6 nitrogen and oxygen atoms in total. The smallest absolute Gasteiger partial charge is 0.363 e. The van der Waals surface area contributed by atoms with Gasteiger partial charge in [0.05, 0.1) is 0 Å². The Morgan fingerprint density at radius 1 is 1.12 bits per heavy atom. The summed E-state index contributed by atoms with van der Waals surface area (Å²) in [6, 6.07) is 8.84. The van der Waals surface area contributed by atoms with E-state index in [1.807, 2.05) is 0 Å². The molecule has 0 aliphatic rings. The van der Waals surface area contributed by atoms with E-state index in [-0.39, 0.29) is 11.6 Å². The van der Waals surface area contributed by atoms with Gasteiger partial charge in [-0.15, -0.1) is 0 Å². The SMILES string of the molecule is O=[N+]([O-])c1ccc(Oc2ccc(O)cc2)cn1. The van der Waals surface area contributed by atoms with Gasteiger partial charge in [-0.05, 0) is 40.2 Å². The number of nitro groups is 1. The number of benzene rings is 1. The predicted molar refractivity (Wildman–Crippen MR) is 59.1 cm³/mol. The van der Waals surface area contributed by atoms with E-state index in [9.17, 15) is 10.1 Å². The second-order valence-corrected chi connectivity index (χ2v) is 3.21. The molecule has 0 spiro atoms. The number of ether oxygens (including phenoxy) is 1. The topological polar surface area (TPSA) is 85.5 Å². The molecule has 0 aliphatic heterocycles. The molecule has 2 aromatic rings. The first-order valence-corrected chi connectivity index (χ1v) is 4.72. The van der Waals surface area contributed by atoms with Gasteiger partial charge in [-0.1, -0.05) is 0 Å². The molecule has 0 bridgehead atoms. The molecule has 86 valence electrons. The van der Waals surface area contributed by atoms with Crippen LogP contribution in [0.1, 0.15) is 0 Å². The molecule has 0 saturated heterocycles. The van der Waals surface area contributed by atoms with Crippen molar-refractivity contribution >= 4 is 5.82 Å². The quantitative estimate of drug-likeness (QED) is 0.649. The molecule has 0 atom stereocenters. The van der Waals surface area contributed by atoms with Gasteiger partial charge in [0, 0.05) is 6.07 Å². The molecule has 1 aromatic carbocycles. The molecule has 0 aliphatic carbocycles. The molecule has 1 aromatic heterocycles. The van der Waals surface area contributed by atoms with E-state index in [0.717, 1.165) is 0 Å². The molecule has 2 rings (SSSR count). The summed E-state index contributed by atoms with van der Waals surface area (Å²) < 4.78 is 5.37. The molecule has 1 N–H and O–H groups in total. The van der Waals surface area contributed by atoms with Crippen LogP contribution in [0.4, 0.5) is 5.82 Å². The maximum Gasteiger partial charge on any atom is 0.363 e. The van der Waals surface area contributed by atoms with Crippen molar-refractivity contribution < 1.29 is 14.8 Å². The first-order valence-electron chi connectivity index (χ1n) is 4.72. The Labute approximate surface area is 96.3 Å². The zero-order valence-corrected chi connectivity index (χ0v) is 8.61. The molecule has 0 fully saturated rings. The van der Waals surface area contributed by atoms with E-state index in [2.05, 4.69) is 4.98 Å². The summed E-state index contributed by atoms with van der Waals surface area (Å²) >= 11 is 0. The summed E-state index contributed by atoms with van der Waals surface area (Å²) in [5.74, 6) is 0.807. The van der Waals surface area contributed by atoms with E-state index in [4.69, 9.17) is 9.84 Å². The van der Waals surface area contributed by atoms with E-state index >= 15 is 0 Å². The number of hydrogen-bond acceptors (Lipinski definition) is 5. The zero-order valence-electron chi connectivity index (χ0n) is 8.61. The van der Waals surface area contributed by atoms with E-state index in [1.54, 1.807) is 12.1 Å². The van der Waals surface area contributed by atoms with Crippen LogP contribution in [0.3, 0.4) is 0 Å². The van der Waals surface area contributed by atoms with Crippen molar-refractivity contribution in [3.63, 3.8) is 0 Å². The Bertz CT molecular complexity index is 522. The van der Waals surface area contributed by atoms with Crippen LogP contribution in [0, 0.1) is 10.1 Å². The molecule has 0 amide bonds. The third kappa shape index (κ3) is 2.69. The monoisotopic (exact) mass is 232 g/mol. The maximum atomic E-state index is 10.4. The van der Waals surface area contributed by atoms with Gasteiger partial charge in [0.15, 0.2) is 11.9 Å². The standard InChI is InChI=1S/C11H8N2O4/c14-8-1-3-9(4-2-8)17-10-5-6-11(12-7-10)13(15)16/h1-7,14H. The van der Waals surface area contributed by atoms with Gasteiger partial charge in [0.25, 0.3) is 0 Å². The Morgan fingerprint density at radius 2 is 1.76 bits per heavy atom. The second kappa shape index (κ2) is 4.48. The number of aromatic nitrogens is 1. The molecule has 17 heavy (non-hydrogen) atoms. The van der Waals surface area contributed by atoms with E-state index < -0.39 is 4.92 Å². The van der Waals surface area contributed by atoms with Crippen molar-refractivity contribution in [1.82, 2.24) is 4.98 Å². The summed E-state index contributed by atoms with van der Waals surface area (Å²) in [7, 11) is 0. The fourth-order valence-electron chi connectivity index (χ4n) is 1.19. The van der Waals surface area contributed by atoms with Crippen molar-refractivity contribution in [3.05, 3.63) is 52.7 Å². The molecule has 1 heterocycles. The highest BCUT2D eigenvalue weighted by Crippen LogP contribution is 2.23. The van der Waals surface area contributed by atoms with Crippen LogP contribution in [0.15, 0.2) is 42.6 Å². The maximum absolute atomic E-state index is 10.4. The first kappa shape index (κ1) is 10.9. The molecular weight excluding hydrogens is 224 g/mol. The highest BCUT2D eigenvalue weighted by molar-refractivity contribution is 5.35. The van der Waals surface area contributed by atoms with Crippen molar-refractivity contribution in [2.24, 2.45) is 0 Å². The van der Waals surface area contributed by atoms with Crippen LogP contribution in [0.25, 0.3) is 0 Å². The highest BCUT2D eigenvalue weighted by Gasteiger charge is 2.07. The van der Waals surface area contributed by atoms with Crippen LogP contribution in [-0.4, -0.2) is 15.0 Å². The predicted octanol–water partition coefficient (Wildman–Crippen LogP) is 2.49. The van der Waals surface area contributed by atoms with Crippen molar-refractivity contribution in [2.75, 3.05) is 0 Å². The van der Waals surface area contributed by atoms with Crippen molar-refractivity contribution in [1.29, 1.82) is 0 Å². The van der Waals surface area contributed by atoms with Gasteiger partial charge < -0.3 is 20.0 Å². The summed E-state index contributed by atoms with van der Waals surface area (Å²) in [6.45, 7) is 0. The van der Waals surface area contributed by atoms with Crippen LogP contribution < -0.4 is 4.74 Å². The molecule has 6 heteroatoms. The number of phenolic OH excluding ortho intramolecular Hbond substituents is 1. The summed E-state index contributed by atoms with van der Waals surface area (Å²) in [4.78, 5) is 13.4. The lowest BCUT2D eigenvalue weighted by atomic mass is 10.3. The lowest BCUT2D eigenvalue weighted by molar-refractivity contribution is -0.389. The van der Waals surface area contributed by atoms with Crippen molar-refractivity contribution in [2.45, 2.75) is 0 Å². The minimum Gasteiger partial charge on any atom is -0.508 e. The summed E-state index contributed by atoms with van der Waals surface area (Å²) in [5.41, 5.74) is 0. The molecule has 0 saturated carbocycles. The normalized spacial score (nSPS) is 9.88. The van der Waals surface area contributed by atoms with Crippen LogP contribution >= 0.6 is 0 Å². The zero-order chi connectivity index (χ0) is 12.3. The number of rotatable bonds is 3. The Hall–Kier alpha value is -2.63. The van der Waals surface area contributed by atoms with Gasteiger partial charge in [-0.2, -0.15) is 0 Å². The number of hydrogen-bond donors (Lipinski definition) is 1. The molecule has 0 radical (unpaired) electrons. The van der Waals surface area contributed by atoms with Gasteiger partial charge >= 0.3 is 5.82 Å². The van der Waals surface area contributed by atoms with Crippen molar-refractivity contribution in [3.8, 4) is 17.2 Å². The first-order chi connectivity index (χ1) is 8.15. The second-order valence-electron chi connectivity index (χ2n) is 3.21. The average molecular weight is 232 g/mol. The fourth-order valence-corrected chi connectivity index (χ4v) is 1.19.